The number of nitrogens with one attached hydrogen (secondary N) is 1. The maximum Gasteiger partial charge on any atom is 0.245 e. The van der Waals surface area contributed by atoms with Gasteiger partial charge in [0.15, 0.2) is 4.67 Å². The van der Waals surface area contributed by atoms with E-state index in [4.69, 9.17) is 10.2 Å². The Hall–Kier alpha value is -1.16. The molecule has 0 radical (unpaired) electrons. The van der Waals surface area contributed by atoms with E-state index in [0.717, 1.165) is 11.3 Å². The van der Waals surface area contributed by atoms with Crippen molar-refractivity contribution in [1.82, 2.24) is 14.5 Å². The van der Waals surface area contributed by atoms with Crippen LogP contribution in [0.2, 0.25) is 0 Å². The van der Waals surface area contributed by atoms with Crippen LogP contribution in [0, 0.1) is 6.92 Å². The Kier molecular flexibility index (Phi) is 4.33. The molecule has 9 heteroatoms. The molecule has 0 aliphatic rings. The summed E-state index contributed by atoms with van der Waals surface area (Å²) in [5.41, 5.74) is 7.14. The van der Waals surface area contributed by atoms with Crippen molar-refractivity contribution >= 4 is 26.0 Å². The lowest BCUT2D eigenvalue weighted by molar-refractivity contribution is 0.483. The number of aromatic nitrogens is 2. The number of furan rings is 1. The second-order valence-electron chi connectivity index (χ2n) is 4.26. The van der Waals surface area contributed by atoms with E-state index in [1.807, 2.05) is 6.92 Å². The number of hydrogen-bond acceptors (Lipinski definition) is 5. The lowest BCUT2D eigenvalue weighted by atomic mass is 10.3. The monoisotopic (exact) mass is 362 g/mol. The maximum atomic E-state index is 12.2. The topological polar surface area (TPSA) is 103 Å². The van der Waals surface area contributed by atoms with Gasteiger partial charge in [0.25, 0.3) is 0 Å². The number of halogens is 1. The minimum atomic E-state index is -3.67. The van der Waals surface area contributed by atoms with Crippen LogP contribution in [0.25, 0.3) is 0 Å². The number of aryl methyl sites for hydroxylation is 1. The summed E-state index contributed by atoms with van der Waals surface area (Å²) >= 11 is 3.08. The molecule has 7 nitrogen and oxygen atoms in total. The van der Waals surface area contributed by atoms with Crippen molar-refractivity contribution in [2.45, 2.75) is 24.9 Å². The second kappa shape index (κ2) is 5.68. The summed E-state index contributed by atoms with van der Waals surface area (Å²) < 4.78 is 33.9. The molecule has 3 N–H and O–H groups in total. The van der Waals surface area contributed by atoms with Gasteiger partial charge in [-0.05, 0) is 22.9 Å². The fourth-order valence-corrected chi connectivity index (χ4v) is 3.65. The van der Waals surface area contributed by atoms with Crippen molar-refractivity contribution in [3.63, 3.8) is 0 Å². The van der Waals surface area contributed by atoms with E-state index in [1.165, 1.54) is 6.07 Å². The van der Waals surface area contributed by atoms with Crippen molar-refractivity contribution < 1.29 is 12.8 Å². The molecule has 0 aliphatic carbocycles. The van der Waals surface area contributed by atoms with E-state index < -0.39 is 10.0 Å². The van der Waals surface area contributed by atoms with Crippen molar-refractivity contribution in [2.75, 3.05) is 0 Å². The van der Waals surface area contributed by atoms with Crippen LogP contribution in [0.4, 0.5) is 0 Å². The minimum absolute atomic E-state index is 0.0412. The Balaban J connectivity index is 2.19. The lowest BCUT2D eigenvalue weighted by Crippen LogP contribution is -2.23. The molecular weight excluding hydrogens is 348 g/mol. The van der Waals surface area contributed by atoms with Gasteiger partial charge in [-0.1, -0.05) is 0 Å². The molecule has 0 saturated carbocycles. The van der Waals surface area contributed by atoms with Gasteiger partial charge < -0.3 is 10.2 Å². The number of rotatable bonds is 5. The quantitative estimate of drug-likeness (QED) is 0.826. The zero-order chi connectivity index (χ0) is 14.9. The molecule has 0 unspecified atom stereocenters. The normalized spacial score (nSPS) is 12.0. The molecule has 0 amide bonds. The highest BCUT2D eigenvalue weighted by Crippen LogP contribution is 2.26. The Morgan fingerprint density at radius 1 is 1.55 bits per heavy atom. The van der Waals surface area contributed by atoms with Gasteiger partial charge >= 0.3 is 0 Å². The number of hydrogen-bond donors (Lipinski definition) is 2. The first-order chi connectivity index (χ1) is 9.35. The van der Waals surface area contributed by atoms with Crippen LogP contribution in [0.15, 0.2) is 26.2 Å². The molecule has 2 aromatic heterocycles. The second-order valence-corrected chi connectivity index (χ2v) is 6.71. The molecular formula is C11H15BrN4O3S. The van der Waals surface area contributed by atoms with E-state index in [2.05, 4.69) is 25.8 Å². The number of nitrogens with zero attached hydrogens (tertiary/aromatic N) is 2. The molecule has 0 atom stereocenters. The highest BCUT2D eigenvalue weighted by Gasteiger charge is 2.22. The molecule has 0 saturated heterocycles. The molecule has 2 aromatic rings. The van der Waals surface area contributed by atoms with Gasteiger partial charge in [0.05, 0.1) is 12.7 Å². The van der Waals surface area contributed by atoms with Gasteiger partial charge in [-0.25, -0.2) is 13.1 Å². The summed E-state index contributed by atoms with van der Waals surface area (Å²) in [5.74, 6) is 0.398. The van der Waals surface area contributed by atoms with Crippen molar-refractivity contribution in [1.29, 1.82) is 0 Å². The summed E-state index contributed by atoms with van der Waals surface area (Å²) in [6, 6.07) is 1.41. The molecule has 2 heterocycles. The van der Waals surface area contributed by atoms with Crippen LogP contribution < -0.4 is 10.5 Å². The average Bonchev–Trinajstić information content (AvgIpc) is 2.93. The third-order valence-electron chi connectivity index (χ3n) is 2.99. The lowest BCUT2D eigenvalue weighted by Gasteiger charge is -2.04. The van der Waals surface area contributed by atoms with Gasteiger partial charge in [0.1, 0.15) is 10.7 Å². The minimum Gasteiger partial charge on any atom is -0.452 e. The first-order valence-corrected chi connectivity index (χ1v) is 8.08. The fourth-order valence-electron chi connectivity index (χ4n) is 1.65. The van der Waals surface area contributed by atoms with Gasteiger partial charge in [-0.2, -0.15) is 5.10 Å². The van der Waals surface area contributed by atoms with Crippen LogP contribution in [-0.2, 0) is 30.2 Å². The summed E-state index contributed by atoms with van der Waals surface area (Å²) in [5, 5.41) is 4.06. The smallest absolute Gasteiger partial charge is 0.245 e. The molecule has 20 heavy (non-hydrogen) atoms. The summed E-state index contributed by atoms with van der Waals surface area (Å²) in [6.07, 6.45) is 1.63. The number of nitrogens with two attached hydrogens (primary N) is 1. The molecule has 0 aromatic carbocycles. The highest BCUT2D eigenvalue weighted by molar-refractivity contribution is 9.10. The Labute approximate surface area is 125 Å². The van der Waals surface area contributed by atoms with E-state index in [1.54, 1.807) is 17.9 Å². The van der Waals surface area contributed by atoms with Crippen LogP contribution >= 0.6 is 15.9 Å². The predicted molar refractivity (Wildman–Crippen MR) is 76.3 cm³/mol. The maximum absolute atomic E-state index is 12.2. The SMILES string of the molecule is Cc1c(CNS(=O)(=O)c2cc(CN)oc2Br)cnn1C. The first-order valence-electron chi connectivity index (χ1n) is 5.80. The molecule has 0 spiro atoms. The molecule has 0 fully saturated rings. The van der Waals surface area contributed by atoms with E-state index >= 15 is 0 Å². The van der Waals surface area contributed by atoms with Crippen LogP contribution in [0.3, 0.4) is 0 Å². The van der Waals surface area contributed by atoms with Gasteiger partial charge in [-0.15, -0.1) is 0 Å². The van der Waals surface area contributed by atoms with E-state index in [-0.39, 0.29) is 22.7 Å². The Morgan fingerprint density at radius 3 is 2.75 bits per heavy atom. The van der Waals surface area contributed by atoms with Gasteiger partial charge in [0, 0.05) is 30.9 Å². The Bertz CT molecular complexity index is 720. The molecule has 110 valence electrons. The Morgan fingerprint density at radius 2 is 2.25 bits per heavy atom. The van der Waals surface area contributed by atoms with Crippen molar-refractivity contribution in [3.05, 3.63) is 34.0 Å². The summed E-state index contributed by atoms with van der Waals surface area (Å²) in [4.78, 5) is 0.0412. The molecule has 0 aliphatic heterocycles. The number of sulfonamides is 1. The summed E-state index contributed by atoms with van der Waals surface area (Å²) in [6.45, 7) is 2.17. The molecule has 2 rings (SSSR count). The predicted octanol–water partition coefficient (Wildman–Crippen LogP) is 1.02. The van der Waals surface area contributed by atoms with Crippen LogP contribution in [0.5, 0.6) is 0 Å². The van der Waals surface area contributed by atoms with Crippen LogP contribution in [0.1, 0.15) is 17.0 Å². The van der Waals surface area contributed by atoms with Crippen molar-refractivity contribution in [3.8, 4) is 0 Å². The highest BCUT2D eigenvalue weighted by atomic mass is 79.9. The third kappa shape index (κ3) is 2.95. The van der Waals surface area contributed by atoms with E-state index in [9.17, 15) is 8.42 Å². The largest absolute Gasteiger partial charge is 0.452 e. The fraction of sp³-hybridized carbons (Fsp3) is 0.364. The van der Waals surface area contributed by atoms with Crippen molar-refractivity contribution in [2.24, 2.45) is 12.8 Å². The zero-order valence-electron chi connectivity index (χ0n) is 11.1. The first kappa shape index (κ1) is 15.2. The summed E-state index contributed by atoms with van der Waals surface area (Å²) in [7, 11) is -1.87. The third-order valence-corrected chi connectivity index (χ3v) is 5.24. The van der Waals surface area contributed by atoms with E-state index in [0.29, 0.717) is 5.76 Å². The van der Waals surface area contributed by atoms with Gasteiger partial charge in [-0.3, -0.25) is 4.68 Å². The standard InChI is InChI=1S/C11H15BrN4O3S/c1-7-8(5-14-16(7)2)6-15-20(17,18)10-3-9(4-13)19-11(10)12/h3,5,15H,4,6,13H2,1-2H3. The average molecular weight is 363 g/mol. The van der Waals surface area contributed by atoms with Crippen LogP contribution in [-0.4, -0.2) is 18.2 Å². The van der Waals surface area contributed by atoms with Gasteiger partial charge in [0.2, 0.25) is 10.0 Å². The molecule has 0 bridgehead atoms. The zero-order valence-corrected chi connectivity index (χ0v) is 13.5.